The fourth-order valence-electron chi connectivity index (χ4n) is 6.02. The second-order valence-corrected chi connectivity index (χ2v) is 11.8. The molecule has 4 aromatic rings. The number of amides is 2. The standard InChI is InChI=1S/C37H41N3O6/c41-24-27-10-12-28(13-11-27)35-21-34(23-40-20-4-5-31(40)25-42)45-36(46-35)29-14-8-26(9-15-29)22-38-37(43)39-30-16-18-33(19-17-30)44-32-6-2-1-3-7-32/h1-3,6-19,31,34-36,41-42H,4-5,20-25H2,(H2,38,39,43). The minimum atomic E-state index is -0.560. The van der Waals surface area contributed by atoms with E-state index < -0.39 is 6.29 Å². The second-order valence-electron chi connectivity index (χ2n) is 11.8. The fraction of sp³-hybridized carbons (Fsp3) is 0.324. The third kappa shape index (κ3) is 8.31. The molecule has 4 aromatic carbocycles. The lowest BCUT2D eigenvalue weighted by Gasteiger charge is -2.38. The van der Waals surface area contributed by atoms with Crippen molar-refractivity contribution in [1.29, 1.82) is 0 Å². The predicted octanol–water partition coefficient (Wildman–Crippen LogP) is 6.30. The third-order valence-electron chi connectivity index (χ3n) is 8.56. The SMILES string of the molecule is O=C(NCc1ccc(C2OC(CN3CCCC3CO)CC(c3ccc(CO)cc3)O2)cc1)Nc1ccc(Oc2ccccc2)cc1. The molecule has 9 nitrogen and oxygen atoms in total. The Hall–Kier alpha value is -4.25. The van der Waals surface area contributed by atoms with E-state index in [0.717, 1.165) is 53.9 Å². The van der Waals surface area contributed by atoms with Crippen LogP contribution in [0.25, 0.3) is 0 Å². The number of nitrogens with one attached hydrogen (secondary N) is 2. The molecule has 46 heavy (non-hydrogen) atoms. The normalized spacial score (nSPS) is 21.5. The van der Waals surface area contributed by atoms with Gasteiger partial charge >= 0.3 is 6.03 Å². The topological polar surface area (TPSA) is 113 Å². The van der Waals surface area contributed by atoms with E-state index in [0.29, 0.717) is 24.4 Å². The Morgan fingerprint density at radius 3 is 2.24 bits per heavy atom. The van der Waals surface area contributed by atoms with E-state index in [-0.39, 0.29) is 37.5 Å². The van der Waals surface area contributed by atoms with Gasteiger partial charge in [0.1, 0.15) is 11.5 Å². The largest absolute Gasteiger partial charge is 0.457 e. The van der Waals surface area contributed by atoms with E-state index in [9.17, 15) is 15.0 Å². The highest BCUT2D eigenvalue weighted by atomic mass is 16.7. The number of para-hydroxylation sites is 1. The lowest BCUT2D eigenvalue weighted by molar-refractivity contribution is -0.253. The Morgan fingerprint density at radius 1 is 0.826 bits per heavy atom. The van der Waals surface area contributed by atoms with E-state index in [1.807, 2.05) is 91.0 Å². The van der Waals surface area contributed by atoms with Crippen molar-refractivity contribution in [3.05, 3.63) is 125 Å². The van der Waals surface area contributed by atoms with Gasteiger partial charge in [-0.25, -0.2) is 4.79 Å². The first kappa shape index (κ1) is 31.7. The molecular formula is C37H41N3O6. The Morgan fingerprint density at radius 2 is 1.52 bits per heavy atom. The highest BCUT2D eigenvalue weighted by Gasteiger charge is 2.35. The summed E-state index contributed by atoms with van der Waals surface area (Å²) >= 11 is 0. The molecule has 2 aliphatic rings. The van der Waals surface area contributed by atoms with Crippen LogP contribution in [0.5, 0.6) is 11.5 Å². The van der Waals surface area contributed by atoms with Gasteiger partial charge in [-0.2, -0.15) is 0 Å². The number of aliphatic hydroxyl groups excluding tert-OH is 2. The number of hydrogen-bond donors (Lipinski definition) is 4. The van der Waals surface area contributed by atoms with Crippen LogP contribution in [0.1, 0.15) is 53.9 Å². The maximum absolute atomic E-state index is 12.6. The molecule has 9 heteroatoms. The number of nitrogens with zero attached hydrogens (tertiary/aromatic N) is 1. The van der Waals surface area contributed by atoms with Crippen LogP contribution < -0.4 is 15.4 Å². The third-order valence-corrected chi connectivity index (χ3v) is 8.56. The predicted molar refractivity (Wildman–Crippen MR) is 175 cm³/mol. The van der Waals surface area contributed by atoms with Crippen LogP contribution in [0.15, 0.2) is 103 Å². The molecular weight excluding hydrogens is 582 g/mol. The number of rotatable bonds is 11. The molecule has 2 fully saturated rings. The van der Waals surface area contributed by atoms with Gasteiger partial charge in [-0.15, -0.1) is 0 Å². The molecule has 2 amide bonds. The highest BCUT2D eigenvalue weighted by molar-refractivity contribution is 5.89. The Labute approximate surface area is 269 Å². The monoisotopic (exact) mass is 623 g/mol. The Bertz CT molecular complexity index is 1530. The number of carbonyl (C=O) groups is 1. The molecule has 0 aromatic heterocycles. The van der Waals surface area contributed by atoms with Crippen LogP contribution in [0.4, 0.5) is 10.5 Å². The summed E-state index contributed by atoms with van der Waals surface area (Å²) in [6.07, 6.45) is 1.97. The number of ether oxygens (including phenoxy) is 3. The molecule has 240 valence electrons. The maximum Gasteiger partial charge on any atom is 0.319 e. The fourth-order valence-corrected chi connectivity index (χ4v) is 6.02. The molecule has 0 saturated carbocycles. The van der Waals surface area contributed by atoms with Crippen LogP contribution in [0, 0.1) is 0 Å². The van der Waals surface area contributed by atoms with Crippen molar-refractivity contribution in [3.63, 3.8) is 0 Å². The van der Waals surface area contributed by atoms with Crippen molar-refractivity contribution >= 4 is 11.7 Å². The van der Waals surface area contributed by atoms with Crippen LogP contribution in [0.2, 0.25) is 0 Å². The summed E-state index contributed by atoms with van der Waals surface area (Å²) in [6.45, 7) is 2.19. The zero-order chi connectivity index (χ0) is 31.7. The molecule has 4 atom stereocenters. The van der Waals surface area contributed by atoms with Gasteiger partial charge in [0.2, 0.25) is 0 Å². The number of hydrogen-bond acceptors (Lipinski definition) is 7. The zero-order valence-electron chi connectivity index (χ0n) is 25.8. The number of carbonyl (C=O) groups excluding carboxylic acids is 1. The van der Waals surface area contributed by atoms with Crippen molar-refractivity contribution in [1.82, 2.24) is 10.2 Å². The molecule has 0 spiro atoms. The van der Waals surface area contributed by atoms with E-state index in [1.54, 1.807) is 12.1 Å². The summed E-state index contributed by atoms with van der Waals surface area (Å²) in [4.78, 5) is 14.9. The molecule has 2 aliphatic heterocycles. The smallest absolute Gasteiger partial charge is 0.319 e. The first-order valence-corrected chi connectivity index (χ1v) is 15.9. The van der Waals surface area contributed by atoms with Crippen molar-refractivity contribution in [3.8, 4) is 11.5 Å². The molecule has 0 bridgehead atoms. The molecule has 4 unspecified atom stereocenters. The van der Waals surface area contributed by atoms with Gasteiger partial charge in [0.15, 0.2) is 6.29 Å². The first-order chi connectivity index (χ1) is 22.6. The van der Waals surface area contributed by atoms with E-state index in [4.69, 9.17) is 14.2 Å². The summed E-state index contributed by atoms with van der Waals surface area (Å²) < 4.78 is 18.8. The van der Waals surface area contributed by atoms with Gasteiger partial charge in [0, 0.05) is 36.8 Å². The molecule has 6 rings (SSSR count). The van der Waals surface area contributed by atoms with Crippen LogP contribution in [0.3, 0.4) is 0 Å². The van der Waals surface area contributed by atoms with E-state index in [1.165, 1.54) is 0 Å². The lowest BCUT2D eigenvalue weighted by Crippen LogP contribution is -2.42. The van der Waals surface area contributed by atoms with Gasteiger partial charge in [0.05, 0.1) is 25.4 Å². The summed E-state index contributed by atoms with van der Waals surface area (Å²) in [5, 5.41) is 25.1. The van der Waals surface area contributed by atoms with Gasteiger partial charge in [-0.1, -0.05) is 66.7 Å². The number of anilines is 1. The number of aliphatic hydroxyl groups is 2. The van der Waals surface area contributed by atoms with E-state index in [2.05, 4.69) is 15.5 Å². The Balaban J connectivity index is 1.05. The summed E-state index contributed by atoms with van der Waals surface area (Å²) in [6, 6.07) is 32.4. The number of benzene rings is 4. The molecule has 2 heterocycles. The van der Waals surface area contributed by atoms with Crippen LogP contribution in [-0.4, -0.2) is 53.0 Å². The maximum atomic E-state index is 12.6. The highest BCUT2D eigenvalue weighted by Crippen LogP contribution is 2.38. The summed E-state index contributed by atoms with van der Waals surface area (Å²) in [7, 11) is 0. The average Bonchev–Trinajstić information content (AvgIpc) is 3.56. The van der Waals surface area contributed by atoms with Gasteiger partial charge in [0.25, 0.3) is 0 Å². The van der Waals surface area contributed by atoms with Gasteiger partial charge < -0.3 is 35.1 Å². The van der Waals surface area contributed by atoms with Crippen LogP contribution in [-0.2, 0) is 22.6 Å². The zero-order valence-corrected chi connectivity index (χ0v) is 25.8. The van der Waals surface area contributed by atoms with Crippen molar-refractivity contribution in [2.24, 2.45) is 0 Å². The molecule has 2 saturated heterocycles. The minimum absolute atomic E-state index is 0.00173. The Kier molecular flexibility index (Phi) is 10.6. The van der Waals surface area contributed by atoms with Crippen molar-refractivity contribution in [2.75, 3.05) is 25.0 Å². The quantitative estimate of drug-likeness (QED) is 0.155. The first-order valence-electron chi connectivity index (χ1n) is 15.9. The second kappa shape index (κ2) is 15.4. The van der Waals surface area contributed by atoms with E-state index >= 15 is 0 Å². The summed E-state index contributed by atoms with van der Waals surface area (Å²) in [5.41, 5.74) is 4.40. The number of urea groups is 1. The van der Waals surface area contributed by atoms with Crippen molar-refractivity contribution < 1.29 is 29.2 Å². The molecule has 0 radical (unpaired) electrons. The van der Waals surface area contributed by atoms with Crippen LogP contribution >= 0.6 is 0 Å². The lowest BCUT2D eigenvalue weighted by atomic mass is 9.99. The minimum Gasteiger partial charge on any atom is -0.457 e. The molecule has 0 aliphatic carbocycles. The van der Waals surface area contributed by atoms with Crippen molar-refractivity contribution in [2.45, 2.75) is 57.0 Å². The average molecular weight is 624 g/mol. The number of likely N-dealkylation sites (tertiary alicyclic amines) is 1. The van der Waals surface area contributed by atoms with Gasteiger partial charge in [-0.3, -0.25) is 4.90 Å². The summed E-state index contributed by atoms with van der Waals surface area (Å²) in [5.74, 6) is 1.44. The van der Waals surface area contributed by atoms with Gasteiger partial charge in [-0.05, 0) is 72.5 Å². The molecule has 4 N–H and O–H groups in total.